The second-order valence-electron chi connectivity index (χ2n) is 3.94. The Morgan fingerprint density at radius 3 is 2.58 bits per heavy atom. The summed E-state index contributed by atoms with van der Waals surface area (Å²) >= 11 is 18.0. The normalized spacial score (nSPS) is 10.5. The topological polar surface area (TPSA) is 22.1 Å². The van der Waals surface area contributed by atoms with Crippen molar-refractivity contribution in [1.82, 2.24) is 4.98 Å². The molecule has 0 aliphatic carbocycles. The molecule has 1 aromatic carbocycles. The highest BCUT2D eigenvalue weighted by Crippen LogP contribution is 2.36. The molecule has 1 heterocycles. The Bertz CT molecular complexity index is 587. The summed E-state index contributed by atoms with van der Waals surface area (Å²) in [5.41, 5.74) is 1.38. The monoisotopic (exact) mass is 315 g/mol. The van der Waals surface area contributed by atoms with E-state index in [4.69, 9.17) is 39.5 Å². The van der Waals surface area contributed by atoms with Gasteiger partial charge in [0, 0.05) is 5.56 Å². The predicted octanol–water partition coefficient (Wildman–Crippen LogP) is 5.50. The van der Waals surface area contributed by atoms with Crippen LogP contribution in [0.15, 0.2) is 30.3 Å². The van der Waals surface area contributed by atoms with Crippen molar-refractivity contribution in [1.29, 1.82) is 0 Å². The molecule has 0 aliphatic rings. The molecule has 0 atom stereocenters. The van der Waals surface area contributed by atoms with Crippen molar-refractivity contribution in [2.75, 3.05) is 6.61 Å². The molecular formula is C14H12Cl3NO. The van der Waals surface area contributed by atoms with Gasteiger partial charge in [-0.25, -0.2) is 4.98 Å². The van der Waals surface area contributed by atoms with E-state index in [0.29, 0.717) is 22.3 Å². The van der Waals surface area contributed by atoms with Crippen LogP contribution in [0.3, 0.4) is 0 Å². The Morgan fingerprint density at radius 1 is 1.11 bits per heavy atom. The van der Waals surface area contributed by atoms with Gasteiger partial charge in [-0.2, -0.15) is 0 Å². The van der Waals surface area contributed by atoms with Gasteiger partial charge in [-0.1, -0.05) is 53.9 Å². The minimum atomic E-state index is 0.228. The lowest BCUT2D eigenvalue weighted by molar-refractivity contribution is 0.318. The minimum Gasteiger partial charge on any atom is -0.493 e. The van der Waals surface area contributed by atoms with E-state index in [-0.39, 0.29) is 5.15 Å². The lowest BCUT2D eigenvalue weighted by atomic mass is 10.1. The molecule has 0 radical (unpaired) electrons. The molecule has 0 unspecified atom stereocenters. The van der Waals surface area contributed by atoms with Gasteiger partial charge in [0.15, 0.2) is 0 Å². The van der Waals surface area contributed by atoms with Crippen LogP contribution >= 0.6 is 34.8 Å². The second-order valence-corrected chi connectivity index (χ2v) is 5.11. The molecule has 1 aromatic heterocycles. The Balaban J connectivity index is 2.49. The Labute approximate surface area is 127 Å². The van der Waals surface area contributed by atoms with E-state index in [2.05, 4.69) is 4.98 Å². The van der Waals surface area contributed by atoms with Crippen molar-refractivity contribution < 1.29 is 4.74 Å². The predicted molar refractivity (Wildman–Crippen MR) is 80.5 cm³/mol. The van der Waals surface area contributed by atoms with Gasteiger partial charge in [-0.05, 0) is 24.6 Å². The highest BCUT2D eigenvalue weighted by atomic mass is 35.5. The van der Waals surface area contributed by atoms with Gasteiger partial charge < -0.3 is 4.74 Å². The number of halogens is 3. The summed E-state index contributed by atoms with van der Waals surface area (Å²) in [5, 5.41) is 1.01. The molecule has 2 nitrogen and oxygen atoms in total. The van der Waals surface area contributed by atoms with Gasteiger partial charge in [0.05, 0.1) is 22.3 Å². The number of hydrogen-bond acceptors (Lipinski definition) is 2. The van der Waals surface area contributed by atoms with Gasteiger partial charge in [0.2, 0.25) is 0 Å². The molecular weight excluding hydrogens is 305 g/mol. The number of aromatic nitrogens is 1. The van der Waals surface area contributed by atoms with Crippen LogP contribution in [-0.2, 0) is 0 Å². The lowest BCUT2D eigenvalue weighted by Crippen LogP contribution is -1.98. The smallest absolute Gasteiger partial charge is 0.148 e. The third-order valence-electron chi connectivity index (χ3n) is 2.49. The van der Waals surface area contributed by atoms with E-state index >= 15 is 0 Å². The van der Waals surface area contributed by atoms with Crippen LogP contribution in [0.25, 0.3) is 11.3 Å². The molecule has 5 heteroatoms. The van der Waals surface area contributed by atoms with E-state index in [1.807, 2.05) is 31.2 Å². The van der Waals surface area contributed by atoms with E-state index in [1.165, 1.54) is 0 Å². The summed E-state index contributed by atoms with van der Waals surface area (Å²) in [6, 6.07) is 9.16. The average Bonchev–Trinajstić information content (AvgIpc) is 2.41. The van der Waals surface area contributed by atoms with Gasteiger partial charge >= 0.3 is 0 Å². The Kier molecular flexibility index (Phi) is 4.92. The third kappa shape index (κ3) is 3.33. The first kappa shape index (κ1) is 14.4. The SMILES string of the molecule is CCCOc1ccccc1-c1nc(Cl)c(Cl)cc1Cl. The fourth-order valence-corrected chi connectivity index (χ4v) is 2.23. The zero-order chi connectivity index (χ0) is 13.8. The maximum atomic E-state index is 6.18. The minimum absolute atomic E-state index is 0.228. The Hall–Kier alpha value is -0.960. The number of hydrogen-bond donors (Lipinski definition) is 0. The van der Waals surface area contributed by atoms with Crippen molar-refractivity contribution in [3.05, 3.63) is 45.5 Å². The molecule has 0 N–H and O–H groups in total. The summed E-state index contributed by atoms with van der Waals surface area (Å²) in [7, 11) is 0. The van der Waals surface area contributed by atoms with E-state index < -0.39 is 0 Å². The van der Waals surface area contributed by atoms with Crippen LogP contribution in [0.1, 0.15) is 13.3 Å². The van der Waals surface area contributed by atoms with Crippen molar-refractivity contribution in [3.63, 3.8) is 0 Å². The number of pyridine rings is 1. The van der Waals surface area contributed by atoms with Gasteiger partial charge in [-0.3, -0.25) is 0 Å². The molecule has 0 spiro atoms. The van der Waals surface area contributed by atoms with Crippen LogP contribution in [-0.4, -0.2) is 11.6 Å². The standard InChI is InChI=1S/C14H12Cl3NO/c1-2-7-19-12-6-4-3-5-9(12)13-10(15)8-11(16)14(17)18-13/h3-6,8H,2,7H2,1H3. The molecule has 100 valence electrons. The molecule has 2 rings (SSSR count). The molecule has 0 saturated carbocycles. The average molecular weight is 317 g/mol. The highest BCUT2D eigenvalue weighted by Gasteiger charge is 2.13. The fraction of sp³-hybridized carbons (Fsp3) is 0.214. The van der Waals surface area contributed by atoms with Crippen LogP contribution in [0.2, 0.25) is 15.2 Å². The third-order valence-corrected chi connectivity index (χ3v) is 3.45. The summed E-state index contributed by atoms with van der Waals surface area (Å²) in [6.07, 6.45) is 0.927. The summed E-state index contributed by atoms with van der Waals surface area (Å²) in [5.74, 6) is 0.733. The molecule has 0 bridgehead atoms. The van der Waals surface area contributed by atoms with E-state index in [9.17, 15) is 0 Å². The first-order valence-corrected chi connectivity index (χ1v) is 7.00. The maximum absolute atomic E-state index is 6.18. The zero-order valence-corrected chi connectivity index (χ0v) is 12.6. The fourth-order valence-electron chi connectivity index (χ4n) is 1.63. The second kappa shape index (κ2) is 6.47. The van der Waals surface area contributed by atoms with Crippen molar-refractivity contribution in [2.45, 2.75) is 13.3 Å². The van der Waals surface area contributed by atoms with E-state index in [1.54, 1.807) is 6.07 Å². The molecule has 0 amide bonds. The van der Waals surface area contributed by atoms with Gasteiger partial charge in [-0.15, -0.1) is 0 Å². The number of benzene rings is 1. The summed E-state index contributed by atoms with van der Waals surface area (Å²) in [4.78, 5) is 4.23. The van der Waals surface area contributed by atoms with Crippen molar-refractivity contribution in [2.24, 2.45) is 0 Å². The van der Waals surface area contributed by atoms with Gasteiger partial charge in [0.1, 0.15) is 10.9 Å². The van der Waals surface area contributed by atoms with Crippen LogP contribution in [0.4, 0.5) is 0 Å². The van der Waals surface area contributed by atoms with Crippen molar-refractivity contribution in [3.8, 4) is 17.0 Å². The lowest BCUT2D eigenvalue weighted by Gasteiger charge is -2.12. The van der Waals surface area contributed by atoms with E-state index in [0.717, 1.165) is 17.7 Å². The maximum Gasteiger partial charge on any atom is 0.148 e. The quantitative estimate of drug-likeness (QED) is 0.695. The number of nitrogens with zero attached hydrogens (tertiary/aromatic N) is 1. The zero-order valence-electron chi connectivity index (χ0n) is 10.3. The van der Waals surface area contributed by atoms with Crippen LogP contribution in [0, 0.1) is 0 Å². The highest BCUT2D eigenvalue weighted by molar-refractivity contribution is 6.43. The largest absolute Gasteiger partial charge is 0.493 e. The van der Waals surface area contributed by atoms with Crippen LogP contribution < -0.4 is 4.74 Å². The molecule has 2 aromatic rings. The van der Waals surface area contributed by atoms with Gasteiger partial charge in [0.25, 0.3) is 0 Å². The summed E-state index contributed by atoms with van der Waals surface area (Å²) in [6.45, 7) is 2.68. The molecule has 0 aliphatic heterocycles. The van der Waals surface area contributed by atoms with Crippen molar-refractivity contribution >= 4 is 34.8 Å². The summed E-state index contributed by atoms with van der Waals surface area (Å²) < 4.78 is 5.69. The van der Waals surface area contributed by atoms with Crippen LogP contribution in [0.5, 0.6) is 5.75 Å². The molecule has 19 heavy (non-hydrogen) atoms. The number of rotatable bonds is 4. The number of ether oxygens (including phenoxy) is 1. The first-order chi connectivity index (χ1) is 9.13. The number of para-hydroxylation sites is 1. The molecule has 0 fully saturated rings. The first-order valence-electron chi connectivity index (χ1n) is 5.87. The molecule has 0 saturated heterocycles. The Morgan fingerprint density at radius 2 is 1.84 bits per heavy atom.